The lowest BCUT2D eigenvalue weighted by Gasteiger charge is -2.38. The SMILES string of the molecule is COc1cccc([C@H]2C3=C(CC(C)(C)CC3=O)Nc3ncnn32)c1. The van der Waals surface area contributed by atoms with Crippen molar-refractivity contribution in [2.75, 3.05) is 12.4 Å². The van der Waals surface area contributed by atoms with Crippen LogP contribution in [0.1, 0.15) is 38.3 Å². The summed E-state index contributed by atoms with van der Waals surface area (Å²) in [6.07, 6.45) is 2.88. The van der Waals surface area contributed by atoms with E-state index in [-0.39, 0.29) is 17.2 Å². The lowest BCUT2D eigenvalue weighted by molar-refractivity contribution is -0.118. The second-order valence-corrected chi connectivity index (χ2v) is 7.17. The molecular formula is C18H20N4O2. The molecule has 4 rings (SSSR count). The Balaban J connectivity index is 1.89. The third kappa shape index (κ3) is 2.29. The predicted molar refractivity (Wildman–Crippen MR) is 89.8 cm³/mol. The molecule has 1 N–H and O–H groups in total. The number of benzene rings is 1. The molecule has 124 valence electrons. The van der Waals surface area contributed by atoms with Crippen LogP contribution >= 0.6 is 0 Å². The molecule has 2 heterocycles. The Morgan fingerprint density at radius 3 is 2.96 bits per heavy atom. The molecule has 1 atom stereocenters. The van der Waals surface area contributed by atoms with Gasteiger partial charge in [-0.25, -0.2) is 4.68 Å². The zero-order valence-electron chi connectivity index (χ0n) is 14.0. The van der Waals surface area contributed by atoms with Gasteiger partial charge in [0, 0.05) is 17.7 Å². The van der Waals surface area contributed by atoms with Crippen molar-refractivity contribution in [3.63, 3.8) is 0 Å². The van der Waals surface area contributed by atoms with Gasteiger partial charge in [-0.2, -0.15) is 10.1 Å². The van der Waals surface area contributed by atoms with E-state index in [0.29, 0.717) is 12.4 Å². The fraction of sp³-hybridized carbons (Fsp3) is 0.389. The van der Waals surface area contributed by atoms with Gasteiger partial charge in [-0.05, 0) is 29.5 Å². The Hall–Kier alpha value is -2.63. The third-order valence-electron chi connectivity index (χ3n) is 4.68. The van der Waals surface area contributed by atoms with Crippen LogP contribution in [0.2, 0.25) is 0 Å². The van der Waals surface area contributed by atoms with Crippen molar-refractivity contribution < 1.29 is 9.53 Å². The summed E-state index contributed by atoms with van der Waals surface area (Å²) in [5, 5.41) is 7.66. The van der Waals surface area contributed by atoms with E-state index in [9.17, 15) is 4.79 Å². The number of ether oxygens (including phenoxy) is 1. The van der Waals surface area contributed by atoms with Crippen molar-refractivity contribution in [1.29, 1.82) is 0 Å². The number of carbonyl (C=O) groups excluding carboxylic acids is 1. The van der Waals surface area contributed by atoms with Crippen LogP contribution in [-0.2, 0) is 4.79 Å². The Morgan fingerprint density at radius 2 is 2.17 bits per heavy atom. The normalized spacial score (nSPS) is 21.8. The summed E-state index contributed by atoms with van der Waals surface area (Å²) in [6.45, 7) is 4.24. The van der Waals surface area contributed by atoms with Gasteiger partial charge in [-0.1, -0.05) is 26.0 Å². The van der Waals surface area contributed by atoms with Gasteiger partial charge in [-0.3, -0.25) is 4.79 Å². The maximum Gasteiger partial charge on any atom is 0.226 e. The lowest BCUT2D eigenvalue weighted by Crippen LogP contribution is -2.36. The predicted octanol–water partition coefficient (Wildman–Crippen LogP) is 2.94. The summed E-state index contributed by atoms with van der Waals surface area (Å²) in [6, 6.07) is 7.52. The Kier molecular flexibility index (Phi) is 3.23. The molecule has 6 nitrogen and oxygen atoms in total. The van der Waals surface area contributed by atoms with Gasteiger partial charge in [0.1, 0.15) is 18.1 Å². The first-order chi connectivity index (χ1) is 11.5. The van der Waals surface area contributed by atoms with Crippen LogP contribution in [-0.4, -0.2) is 27.7 Å². The maximum absolute atomic E-state index is 12.9. The van der Waals surface area contributed by atoms with Gasteiger partial charge < -0.3 is 10.1 Å². The first-order valence-electron chi connectivity index (χ1n) is 8.05. The van der Waals surface area contributed by atoms with Gasteiger partial charge in [0.2, 0.25) is 5.95 Å². The standard InChI is InChI=1S/C18H20N4O2/c1-18(2)8-13-15(14(23)9-18)16(22-17(21-13)19-10-20-22)11-5-4-6-12(7-11)24-3/h4-7,10,16H,8-9H2,1-3H3,(H,19,20,21)/t16-/m0/s1. The fourth-order valence-corrected chi connectivity index (χ4v) is 3.67. The van der Waals surface area contributed by atoms with Crippen molar-refractivity contribution in [2.24, 2.45) is 5.41 Å². The number of nitrogens with one attached hydrogen (secondary N) is 1. The third-order valence-corrected chi connectivity index (χ3v) is 4.68. The summed E-state index contributed by atoms with van der Waals surface area (Å²) in [5.74, 6) is 1.60. The molecule has 0 spiro atoms. The van der Waals surface area contributed by atoms with Crippen molar-refractivity contribution in [2.45, 2.75) is 32.7 Å². The molecule has 6 heteroatoms. The second-order valence-electron chi connectivity index (χ2n) is 7.17. The van der Waals surface area contributed by atoms with E-state index in [4.69, 9.17) is 4.74 Å². The molecule has 0 fully saturated rings. The molecule has 0 bridgehead atoms. The smallest absolute Gasteiger partial charge is 0.226 e. The van der Waals surface area contributed by atoms with Gasteiger partial charge in [-0.15, -0.1) is 0 Å². The Bertz CT molecular complexity index is 850. The van der Waals surface area contributed by atoms with Crippen LogP contribution in [0.15, 0.2) is 41.9 Å². The average Bonchev–Trinajstić information content (AvgIpc) is 2.99. The molecule has 0 amide bonds. The van der Waals surface area contributed by atoms with E-state index in [0.717, 1.165) is 29.0 Å². The number of fused-ring (bicyclic) bond motifs is 1. The summed E-state index contributed by atoms with van der Waals surface area (Å²) >= 11 is 0. The van der Waals surface area contributed by atoms with E-state index < -0.39 is 0 Å². The molecule has 2 aromatic rings. The largest absolute Gasteiger partial charge is 0.497 e. The summed E-state index contributed by atoms with van der Waals surface area (Å²) in [7, 11) is 1.64. The van der Waals surface area contributed by atoms with Crippen molar-refractivity contribution in [3.05, 3.63) is 47.4 Å². The van der Waals surface area contributed by atoms with Crippen LogP contribution < -0.4 is 10.1 Å². The van der Waals surface area contributed by atoms with Crippen LogP contribution in [0.3, 0.4) is 0 Å². The molecule has 0 saturated heterocycles. The molecule has 1 aliphatic carbocycles. The highest BCUT2D eigenvalue weighted by Crippen LogP contribution is 2.45. The molecular weight excluding hydrogens is 304 g/mol. The molecule has 24 heavy (non-hydrogen) atoms. The van der Waals surface area contributed by atoms with Crippen molar-refractivity contribution >= 4 is 11.7 Å². The minimum absolute atomic E-state index is 0.0516. The molecule has 0 radical (unpaired) electrons. The van der Waals surface area contributed by atoms with Gasteiger partial charge in [0.25, 0.3) is 0 Å². The minimum atomic E-state index is -0.266. The van der Waals surface area contributed by atoms with Gasteiger partial charge in [0.05, 0.1) is 7.11 Å². The number of hydrogen-bond acceptors (Lipinski definition) is 5. The van der Waals surface area contributed by atoms with Gasteiger partial charge >= 0.3 is 0 Å². The monoisotopic (exact) mass is 324 g/mol. The quantitative estimate of drug-likeness (QED) is 0.920. The number of nitrogens with zero attached hydrogens (tertiary/aromatic N) is 3. The zero-order valence-corrected chi connectivity index (χ0v) is 14.0. The molecule has 1 aromatic heterocycles. The van der Waals surface area contributed by atoms with Crippen LogP contribution in [0.25, 0.3) is 0 Å². The summed E-state index contributed by atoms with van der Waals surface area (Å²) in [4.78, 5) is 17.2. The van der Waals surface area contributed by atoms with E-state index >= 15 is 0 Å². The number of Topliss-reactive ketones (excluding diaryl/α,β-unsaturated/α-hetero) is 1. The van der Waals surface area contributed by atoms with E-state index in [1.807, 2.05) is 24.3 Å². The fourth-order valence-electron chi connectivity index (χ4n) is 3.67. The molecule has 2 aliphatic rings. The Morgan fingerprint density at radius 1 is 1.33 bits per heavy atom. The lowest BCUT2D eigenvalue weighted by atomic mass is 9.73. The van der Waals surface area contributed by atoms with E-state index in [1.54, 1.807) is 11.8 Å². The molecule has 0 unspecified atom stereocenters. The number of carbonyl (C=O) groups is 1. The number of ketones is 1. The number of allylic oxidation sites excluding steroid dienone is 2. The highest BCUT2D eigenvalue weighted by atomic mass is 16.5. The van der Waals surface area contributed by atoms with Crippen molar-refractivity contribution in [1.82, 2.24) is 14.8 Å². The topological polar surface area (TPSA) is 69.0 Å². The van der Waals surface area contributed by atoms with Gasteiger partial charge in [0.15, 0.2) is 5.78 Å². The molecule has 1 aromatic carbocycles. The summed E-state index contributed by atoms with van der Waals surface area (Å²) < 4.78 is 7.13. The highest BCUT2D eigenvalue weighted by Gasteiger charge is 2.41. The number of methoxy groups -OCH3 is 1. The first-order valence-corrected chi connectivity index (χ1v) is 8.05. The summed E-state index contributed by atoms with van der Waals surface area (Å²) in [5.41, 5.74) is 2.68. The maximum atomic E-state index is 12.9. The number of aromatic nitrogens is 3. The van der Waals surface area contributed by atoms with Crippen LogP contribution in [0.4, 0.5) is 5.95 Å². The van der Waals surface area contributed by atoms with Crippen molar-refractivity contribution in [3.8, 4) is 5.75 Å². The number of hydrogen-bond donors (Lipinski definition) is 1. The number of rotatable bonds is 2. The number of anilines is 1. The molecule has 0 saturated carbocycles. The Labute approximate surface area is 140 Å². The second kappa shape index (κ2) is 5.19. The zero-order chi connectivity index (χ0) is 16.9. The first kappa shape index (κ1) is 14.9. The average molecular weight is 324 g/mol. The van der Waals surface area contributed by atoms with E-state index in [2.05, 4.69) is 29.2 Å². The molecule has 1 aliphatic heterocycles. The van der Waals surface area contributed by atoms with Crippen LogP contribution in [0, 0.1) is 5.41 Å². The van der Waals surface area contributed by atoms with E-state index in [1.165, 1.54) is 6.33 Å². The van der Waals surface area contributed by atoms with Crippen LogP contribution in [0.5, 0.6) is 5.75 Å². The minimum Gasteiger partial charge on any atom is -0.497 e. The highest BCUT2D eigenvalue weighted by molar-refractivity contribution is 6.00.